The van der Waals surface area contributed by atoms with Crippen molar-refractivity contribution in [1.29, 1.82) is 0 Å². The summed E-state index contributed by atoms with van der Waals surface area (Å²) in [5.41, 5.74) is -0.188. The van der Waals surface area contributed by atoms with Gasteiger partial charge in [0, 0.05) is 31.2 Å². The van der Waals surface area contributed by atoms with Gasteiger partial charge in [-0.2, -0.15) is 0 Å². The highest BCUT2D eigenvalue weighted by Crippen LogP contribution is 2.14. The molecule has 96 valence electrons. The highest BCUT2D eigenvalue weighted by atomic mass is 32.2. The maximum Gasteiger partial charge on any atom is 0.344 e. The number of H-pyrrole nitrogens is 1. The summed E-state index contributed by atoms with van der Waals surface area (Å²) in [5, 5.41) is 7.15. The van der Waals surface area contributed by atoms with Crippen molar-refractivity contribution >= 4 is 11.8 Å². The summed E-state index contributed by atoms with van der Waals surface area (Å²) in [7, 11) is 0. The van der Waals surface area contributed by atoms with Gasteiger partial charge < -0.3 is 4.57 Å². The first-order valence-corrected chi connectivity index (χ1v) is 6.64. The average molecular weight is 265 g/mol. The van der Waals surface area contributed by atoms with E-state index in [2.05, 4.69) is 21.8 Å². The number of imidazole rings is 1. The molecule has 0 aromatic carbocycles. The van der Waals surface area contributed by atoms with Gasteiger partial charge >= 0.3 is 5.69 Å². The van der Waals surface area contributed by atoms with E-state index < -0.39 is 0 Å². The van der Waals surface area contributed by atoms with Crippen molar-refractivity contribution in [2.45, 2.75) is 24.7 Å². The van der Waals surface area contributed by atoms with Crippen LogP contribution in [0.15, 0.2) is 41.3 Å². The van der Waals surface area contributed by atoms with Gasteiger partial charge in [0.15, 0.2) is 5.16 Å². The zero-order valence-corrected chi connectivity index (χ0v) is 10.8. The van der Waals surface area contributed by atoms with Crippen LogP contribution in [-0.2, 0) is 13.1 Å². The molecule has 2 rings (SSSR count). The van der Waals surface area contributed by atoms with E-state index in [-0.39, 0.29) is 5.69 Å². The first-order chi connectivity index (χ1) is 8.81. The Morgan fingerprint density at radius 3 is 3.17 bits per heavy atom. The summed E-state index contributed by atoms with van der Waals surface area (Å²) in [6.45, 7) is 5.03. The minimum atomic E-state index is -0.188. The summed E-state index contributed by atoms with van der Waals surface area (Å²) in [4.78, 5) is 15.4. The fraction of sp³-hybridized carbons (Fsp3) is 0.364. The molecule has 2 heterocycles. The standard InChI is InChI=1S/C11H15N5OS/c1-2-5-16-10(17)13-14-11(16)18-8-3-6-15-7-4-12-9-15/h2,4,7,9H,1,3,5-6,8H2,(H,13,17). The number of aromatic nitrogens is 5. The lowest BCUT2D eigenvalue weighted by atomic mass is 10.5. The molecule has 6 nitrogen and oxygen atoms in total. The highest BCUT2D eigenvalue weighted by molar-refractivity contribution is 7.99. The number of aryl methyl sites for hydroxylation is 1. The van der Waals surface area contributed by atoms with Crippen molar-refractivity contribution in [3.05, 3.63) is 41.9 Å². The van der Waals surface area contributed by atoms with Crippen LogP contribution in [0.2, 0.25) is 0 Å². The lowest BCUT2D eigenvalue weighted by molar-refractivity contribution is 0.677. The Kier molecular flexibility index (Phi) is 4.40. The smallest absolute Gasteiger partial charge is 0.337 e. The Hall–Kier alpha value is -1.76. The fourth-order valence-corrected chi connectivity index (χ4v) is 2.41. The van der Waals surface area contributed by atoms with Crippen molar-refractivity contribution in [2.75, 3.05) is 5.75 Å². The van der Waals surface area contributed by atoms with Gasteiger partial charge in [-0.3, -0.25) is 4.57 Å². The molecule has 2 aromatic heterocycles. The Bertz CT molecular complexity index is 542. The molecule has 0 saturated carbocycles. The van der Waals surface area contributed by atoms with E-state index >= 15 is 0 Å². The van der Waals surface area contributed by atoms with Gasteiger partial charge in [0.05, 0.1) is 6.33 Å². The molecule has 2 aromatic rings. The van der Waals surface area contributed by atoms with Crippen LogP contribution in [0.5, 0.6) is 0 Å². The number of hydrogen-bond acceptors (Lipinski definition) is 4. The molecule has 0 radical (unpaired) electrons. The summed E-state index contributed by atoms with van der Waals surface area (Å²) in [6, 6.07) is 0. The maximum absolute atomic E-state index is 11.4. The van der Waals surface area contributed by atoms with E-state index in [9.17, 15) is 4.79 Å². The second-order valence-electron chi connectivity index (χ2n) is 3.71. The molecule has 0 aliphatic heterocycles. The molecule has 0 fully saturated rings. The third-order valence-corrected chi connectivity index (χ3v) is 3.45. The Labute approximate surface area is 109 Å². The molecular weight excluding hydrogens is 250 g/mol. The van der Waals surface area contributed by atoms with Crippen molar-refractivity contribution < 1.29 is 0 Å². The molecule has 0 spiro atoms. The fourth-order valence-electron chi connectivity index (χ4n) is 1.53. The van der Waals surface area contributed by atoms with E-state index in [0.717, 1.165) is 18.7 Å². The SMILES string of the molecule is C=CCn1c(SCCCn2ccnc2)n[nH]c1=O. The highest BCUT2D eigenvalue weighted by Gasteiger charge is 2.06. The van der Waals surface area contributed by atoms with Crippen molar-refractivity contribution in [2.24, 2.45) is 0 Å². The summed E-state index contributed by atoms with van der Waals surface area (Å²) in [5.74, 6) is 0.902. The molecule has 0 aliphatic carbocycles. The Balaban J connectivity index is 1.83. The average Bonchev–Trinajstić information content (AvgIpc) is 2.98. The van der Waals surface area contributed by atoms with Crippen molar-refractivity contribution in [3.8, 4) is 0 Å². The third kappa shape index (κ3) is 3.13. The molecule has 0 unspecified atom stereocenters. The maximum atomic E-state index is 11.4. The molecule has 0 aliphatic rings. The number of nitrogens with zero attached hydrogens (tertiary/aromatic N) is 4. The number of aromatic amines is 1. The molecule has 0 bridgehead atoms. The van der Waals surface area contributed by atoms with E-state index in [4.69, 9.17) is 0 Å². The van der Waals surface area contributed by atoms with Crippen LogP contribution in [-0.4, -0.2) is 30.1 Å². The lowest BCUT2D eigenvalue weighted by Gasteiger charge is -2.03. The molecular formula is C11H15N5OS. The number of allylic oxidation sites excluding steroid dienone is 1. The molecule has 0 saturated heterocycles. The van der Waals surface area contributed by atoms with E-state index in [0.29, 0.717) is 11.7 Å². The summed E-state index contributed by atoms with van der Waals surface area (Å²) < 4.78 is 3.61. The van der Waals surface area contributed by atoms with Gasteiger partial charge in [-0.25, -0.2) is 14.9 Å². The van der Waals surface area contributed by atoms with Crippen LogP contribution >= 0.6 is 11.8 Å². The molecule has 0 atom stereocenters. The van der Waals surface area contributed by atoms with Gasteiger partial charge in [0.1, 0.15) is 0 Å². The predicted octanol–water partition coefficient (Wildman–Crippen LogP) is 1.14. The minimum absolute atomic E-state index is 0.188. The minimum Gasteiger partial charge on any atom is -0.337 e. The lowest BCUT2D eigenvalue weighted by Crippen LogP contribution is -2.16. The first-order valence-electron chi connectivity index (χ1n) is 5.66. The van der Waals surface area contributed by atoms with Crippen LogP contribution in [0, 0.1) is 0 Å². The second-order valence-corrected chi connectivity index (χ2v) is 4.78. The molecule has 1 N–H and O–H groups in total. The van der Waals surface area contributed by atoms with Gasteiger partial charge in [0.25, 0.3) is 0 Å². The van der Waals surface area contributed by atoms with Gasteiger partial charge in [-0.05, 0) is 6.42 Å². The van der Waals surface area contributed by atoms with Crippen LogP contribution in [0.1, 0.15) is 6.42 Å². The zero-order chi connectivity index (χ0) is 12.8. The largest absolute Gasteiger partial charge is 0.344 e. The normalized spacial score (nSPS) is 10.7. The number of hydrogen-bond donors (Lipinski definition) is 1. The van der Waals surface area contributed by atoms with Crippen LogP contribution < -0.4 is 5.69 Å². The van der Waals surface area contributed by atoms with Crippen LogP contribution in [0.4, 0.5) is 0 Å². The summed E-state index contributed by atoms with van der Waals surface area (Å²) >= 11 is 1.57. The van der Waals surface area contributed by atoms with Crippen molar-refractivity contribution in [3.63, 3.8) is 0 Å². The third-order valence-electron chi connectivity index (χ3n) is 2.39. The molecule has 0 amide bonds. The summed E-state index contributed by atoms with van der Waals surface area (Å²) in [6.07, 6.45) is 8.19. The number of rotatable bonds is 7. The molecule has 7 heteroatoms. The second kappa shape index (κ2) is 6.25. The topological polar surface area (TPSA) is 68.5 Å². The Morgan fingerprint density at radius 1 is 1.56 bits per heavy atom. The monoisotopic (exact) mass is 265 g/mol. The predicted molar refractivity (Wildman–Crippen MR) is 70.6 cm³/mol. The number of thioether (sulfide) groups is 1. The zero-order valence-electron chi connectivity index (χ0n) is 9.95. The molecule has 18 heavy (non-hydrogen) atoms. The van der Waals surface area contributed by atoms with Crippen molar-refractivity contribution in [1.82, 2.24) is 24.3 Å². The Morgan fingerprint density at radius 2 is 2.44 bits per heavy atom. The van der Waals surface area contributed by atoms with Crippen LogP contribution in [0.3, 0.4) is 0 Å². The van der Waals surface area contributed by atoms with E-state index in [1.165, 1.54) is 0 Å². The van der Waals surface area contributed by atoms with E-state index in [1.807, 2.05) is 10.8 Å². The van der Waals surface area contributed by atoms with Gasteiger partial charge in [0.2, 0.25) is 0 Å². The van der Waals surface area contributed by atoms with E-state index in [1.54, 1.807) is 34.9 Å². The van der Waals surface area contributed by atoms with Gasteiger partial charge in [-0.15, -0.1) is 11.7 Å². The first kappa shape index (κ1) is 12.7. The van der Waals surface area contributed by atoms with Gasteiger partial charge in [-0.1, -0.05) is 17.8 Å². The number of nitrogens with one attached hydrogen (secondary N) is 1. The quantitative estimate of drug-likeness (QED) is 0.463. The van der Waals surface area contributed by atoms with Crippen LogP contribution in [0.25, 0.3) is 0 Å².